The second kappa shape index (κ2) is 6.75. The van der Waals surface area contributed by atoms with Crippen LogP contribution in [0.25, 0.3) is 33.7 Å². The summed E-state index contributed by atoms with van der Waals surface area (Å²) in [6.07, 6.45) is 6.79. The van der Waals surface area contributed by atoms with Gasteiger partial charge in [0.25, 0.3) is 0 Å². The van der Waals surface area contributed by atoms with Gasteiger partial charge in [-0.15, -0.1) is 0 Å². The third-order valence-corrected chi connectivity index (χ3v) is 6.34. The summed E-state index contributed by atoms with van der Waals surface area (Å²) >= 11 is 0. The maximum absolute atomic E-state index is 10.1. The molecule has 2 saturated heterocycles. The van der Waals surface area contributed by atoms with Crippen molar-refractivity contribution >= 4 is 17.1 Å². The van der Waals surface area contributed by atoms with Crippen LogP contribution in [0.4, 0.5) is 5.95 Å². The Bertz CT molecular complexity index is 1300. The number of aromatic hydroxyl groups is 1. The summed E-state index contributed by atoms with van der Waals surface area (Å²) in [5.41, 5.74) is 6.71. The zero-order valence-electron chi connectivity index (χ0n) is 17.3. The molecule has 5 heterocycles. The molecule has 0 saturated carbocycles. The van der Waals surface area contributed by atoms with Crippen LogP contribution in [-0.2, 0) is 4.74 Å². The highest BCUT2D eigenvalue weighted by molar-refractivity contribution is 5.82. The third kappa shape index (κ3) is 2.94. The van der Waals surface area contributed by atoms with E-state index in [0.29, 0.717) is 17.8 Å². The summed E-state index contributed by atoms with van der Waals surface area (Å²) in [5, 5.41) is 10.1. The molecule has 0 aliphatic carbocycles. The fraction of sp³-hybridized carbons (Fsp3) is 0.304. The number of nitrogens with zero attached hydrogens (tertiary/aromatic N) is 5. The first-order valence-electron chi connectivity index (χ1n) is 10.4. The molecular formula is C23H22N6O2. The van der Waals surface area contributed by atoms with Gasteiger partial charge in [0.05, 0.1) is 36.3 Å². The van der Waals surface area contributed by atoms with Crippen molar-refractivity contribution in [2.75, 3.05) is 18.1 Å². The lowest BCUT2D eigenvalue weighted by atomic mass is 9.99. The van der Waals surface area contributed by atoms with Gasteiger partial charge < -0.3 is 19.7 Å². The van der Waals surface area contributed by atoms with Gasteiger partial charge in [0.15, 0.2) is 5.65 Å². The molecule has 0 radical (unpaired) electrons. The summed E-state index contributed by atoms with van der Waals surface area (Å²) in [6, 6.07) is 5.95. The van der Waals surface area contributed by atoms with Crippen LogP contribution in [0.3, 0.4) is 0 Å². The van der Waals surface area contributed by atoms with Crippen molar-refractivity contribution in [2.24, 2.45) is 0 Å². The molecule has 0 unspecified atom stereocenters. The van der Waals surface area contributed by atoms with Crippen LogP contribution >= 0.6 is 0 Å². The van der Waals surface area contributed by atoms with E-state index in [9.17, 15) is 5.11 Å². The van der Waals surface area contributed by atoms with Crippen molar-refractivity contribution in [1.82, 2.24) is 24.9 Å². The molecule has 4 aromatic rings. The topological polar surface area (TPSA) is 100 Å². The van der Waals surface area contributed by atoms with E-state index < -0.39 is 0 Å². The van der Waals surface area contributed by atoms with E-state index >= 15 is 0 Å². The lowest BCUT2D eigenvalue weighted by Gasteiger charge is -2.26. The number of hydrogen-bond acceptors (Lipinski definition) is 7. The van der Waals surface area contributed by atoms with Gasteiger partial charge in [0.2, 0.25) is 5.95 Å². The van der Waals surface area contributed by atoms with Gasteiger partial charge in [-0.3, -0.25) is 0 Å². The molecule has 31 heavy (non-hydrogen) atoms. The highest BCUT2D eigenvalue weighted by Gasteiger charge is 2.40. The number of aromatic amines is 1. The quantitative estimate of drug-likeness (QED) is 0.530. The summed E-state index contributed by atoms with van der Waals surface area (Å²) in [5.74, 6) is 1.01. The summed E-state index contributed by atoms with van der Waals surface area (Å²) < 4.78 is 5.66. The van der Waals surface area contributed by atoms with E-state index in [1.807, 2.05) is 38.4 Å². The molecule has 2 aliphatic rings. The van der Waals surface area contributed by atoms with Crippen molar-refractivity contribution in [2.45, 2.75) is 32.4 Å². The Morgan fingerprint density at radius 3 is 2.71 bits per heavy atom. The molecule has 2 N–H and O–H groups in total. The molecule has 0 amide bonds. The average Bonchev–Trinajstić information content (AvgIpc) is 3.52. The molecule has 2 atom stereocenters. The number of benzene rings is 1. The molecule has 2 fully saturated rings. The molecule has 6 rings (SSSR count). The molecule has 8 heteroatoms. The number of phenols is 1. The Morgan fingerprint density at radius 2 is 1.97 bits per heavy atom. The number of rotatable bonds is 3. The van der Waals surface area contributed by atoms with Crippen molar-refractivity contribution in [3.63, 3.8) is 0 Å². The number of nitrogens with one attached hydrogen (secondary N) is 1. The normalized spacial score (nSPS) is 20.1. The molecule has 156 valence electrons. The smallest absolute Gasteiger partial charge is 0.225 e. The molecule has 2 bridgehead atoms. The summed E-state index contributed by atoms with van der Waals surface area (Å²) in [6.45, 7) is 5.52. The minimum atomic E-state index is 0.257. The zero-order valence-corrected chi connectivity index (χ0v) is 17.3. The van der Waals surface area contributed by atoms with Crippen LogP contribution in [0, 0.1) is 13.8 Å². The summed E-state index contributed by atoms with van der Waals surface area (Å²) in [7, 11) is 0. The number of aromatic nitrogens is 5. The first-order valence-corrected chi connectivity index (χ1v) is 10.4. The number of phenolic OH excluding ortho intramolecular Hbond substituents is 1. The maximum atomic E-state index is 10.1. The number of fused-ring (bicyclic) bond motifs is 3. The number of aryl methyl sites for hydroxylation is 1. The number of hydrogen-bond donors (Lipinski definition) is 2. The van der Waals surface area contributed by atoms with Crippen LogP contribution in [0.5, 0.6) is 5.75 Å². The lowest BCUT2D eigenvalue weighted by Crippen LogP contribution is -2.38. The first-order chi connectivity index (χ1) is 15.1. The van der Waals surface area contributed by atoms with Crippen molar-refractivity contribution in [1.29, 1.82) is 0 Å². The largest absolute Gasteiger partial charge is 0.508 e. The van der Waals surface area contributed by atoms with Gasteiger partial charge in [-0.05, 0) is 38.0 Å². The number of H-pyrrole nitrogens is 1. The monoisotopic (exact) mass is 414 g/mol. The van der Waals surface area contributed by atoms with Gasteiger partial charge in [-0.25, -0.2) is 19.9 Å². The second-order valence-corrected chi connectivity index (χ2v) is 8.34. The fourth-order valence-electron chi connectivity index (χ4n) is 4.66. The second-order valence-electron chi connectivity index (χ2n) is 8.34. The Kier molecular flexibility index (Phi) is 3.97. The SMILES string of the molecule is Cc1ccc(O)c(C)c1-c1cnc2[nH]c(-c3cnc(N4C[C@@H]5C[C@H]4CO5)nc3)cc2n1. The van der Waals surface area contributed by atoms with Crippen molar-refractivity contribution < 1.29 is 9.84 Å². The number of anilines is 1. The third-order valence-electron chi connectivity index (χ3n) is 6.34. The van der Waals surface area contributed by atoms with Crippen LogP contribution in [-0.4, -0.2) is 55.3 Å². The van der Waals surface area contributed by atoms with E-state index in [1.165, 1.54) is 0 Å². The number of ether oxygens (including phenoxy) is 1. The van der Waals surface area contributed by atoms with Gasteiger partial charge in [0, 0.05) is 35.6 Å². The van der Waals surface area contributed by atoms with E-state index in [-0.39, 0.29) is 5.75 Å². The van der Waals surface area contributed by atoms with Gasteiger partial charge in [0.1, 0.15) is 11.3 Å². The maximum Gasteiger partial charge on any atom is 0.225 e. The highest BCUT2D eigenvalue weighted by atomic mass is 16.5. The number of morpholine rings is 1. The van der Waals surface area contributed by atoms with E-state index in [1.54, 1.807) is 12.3 Å². The van der Waals surface area contributed by atoms with Crippen LogP contribution < -0.4 is 4.90 Å². The van der Waals surface area contributed by atoms with Gasteiger partial charge >= 0.3 is 0 Å². The van der Waals surface area contributed by atoms with Crippen LogP contribution in [0.15, 0.2) is 36.8 Å². The highest BCUT2D eigenvalue weighted by Crippen LogP contribution is 2.33. The molecule has 8 nitrogen and oxygen atoms in total. The average molecular weight is 414 g/mol. The molecular weight excluding hydrogens is 392 g/mol. The Morgan fingerprint density at radius 1 is 1.13 bits per heavy atom. The standard InChI is InChI=1S/C23H22N6O2/c1-12-3-4-20(30)13(2)21(12)19-9-24-22-18(27-19)6-17(28-22)14-7-25-23(26-8-14)29-10-16-5-15(29)11-31-16/h3-4,6-9,15-16,30H,5,10-11H2,1-2H3,(H,24,28)/t15-,16-/m0/s1. The minimum Gasteiger partial charge on any atom is -0.508 e. The Hall–Kier alpha value is -3.52. The molecule has 1 aromatic carbocycles. The lowest BCUT2D eigenvalue weighted by molar-refractivity contribution is 0.0986. The van der Waals surface area contributed by atoms with Gasteiger partial charge in [-0.1, -0.05) is 6.07 Å². The Labute approximate surface area is 179 Å². The van der Waals surface area contributed by atoms with Crippen molar-refractivity contribution in [3.8, 4) is 28.3 Å². The summed E-state index contributed by atoms with van der Waals surface area (Å²) in [4.78, 5) is 24.1. The predicted octanol–water partition coefficient (Wildman–Crippen LogP) is 3.38. The van der Waals surface area contributed by atoms with Crippen LogP contribution in [0.2, 0.25) is 0 Å². The molecule has 0 spiro atoms. The minimum absolute atomic E-state index is 0.257. The zero-order chi connectivity index (χ0) is 21.1. The van der Waals surface area contributed by atoms with E-state index in [2.05, 4.69) is 24.8 Å². The van der Waals surface area contributed by atoms with E-state index in [4.69, 9.17) is 9.72 Å². The van der Waals surface area contributed by atoms with Crippen molar-refractivity contribution in [3.05, 3.63) is 47.9 Å². The first kappa shape index (κ1) is 18.3. The molecule has 2 aliphatic heterocycles. The predicted molar refractivity (Wildman–Crippen MR) is 117 cm³/mol. The van der Waals surface area contributed by atoms with Gasteiger partial charge in [-0.2, -0.15) is 0 Å². The fourth-order valence-corrected chi connectivity index (χ4v) is 4.66. The Balaban J connectivity index is 1.33. The van der Waals surface area contributed by atoms with E-state index in [0.717, 1.165) is 64.7 Å². The van der Waals surface area contributed by atoms with Crippen LogP contribution in [0.1, 0.15) is 17.5 Å². The molecule has 3 aromatic heterocycles.